The first-order chi connectivity index (χ1) is 7.25. The van der Waals surface area contributed by atoms with Crippen molar-refractivity contribution >= 4 is 5.82 Å². The Bertz CT molecular complexity index is 476. The number of hydrogen-bond acceptors (Lipinski definition) is 4. The quantitative estimate of drug-likeness (QED) is 0.814. The van der Waals surface area contributed by atoms with Crippen molar-refractivity contribution in [3.8, 4) is 11.6 Å². The van der Waals surface area contributed by atoms with Gasteiger partial charge in [0.2, 0.25) is 5.88 Å². The minimum absolute atomic E-state index is 0.107. The number of anilines is 1. The zero-order valence-corrected chi connectivity index (χ0v) is 7.72. The standard InChI is InChI=1S/C10H8FN3O/c11-7-3-1-2-4-8(7)15-10-5-9(12)13-6-14-10/h1-6H,(H2,12,13,14). The minimum Gasteiger partial charge on any atom is -0.436 e. The van der Waals surface area contributed by atoms with Gasteiger partial charge in [-0.05, 0) is 12.1 Å². The lowest BCUT2D eigenvalue weighted by Crippen LogP contribution is -1.94. The molecule has 0 saturated heterocycles. The van der Waals surface area contributed by atoms with Crippen LogP contribution in [-0.2, 0) is 0 Å². The van der Waals surface area contributed by atoms with Crippen molar-refractivity contribution in [3.05, 3.63) is 42.5 Å². The lowest BCUT2D eigenvalue weighted by atomic mass is 10.3. The van der Waals surface area contributed by atoms with Crippen LogP contribution >= 0.6 is 0 Å². The Balaban J connectivity index is 2.26. The molecule has 76 valence electrons. The predicted octanol–water partition coefficient (Wildman–Crippen LogP) is 1.99. The van der Waals surface area contributed by atoms with Gasteiger partial charge < -0.3 is 10.5 Å². The summed E-state index contributed by atoms with van der Waals surface area (Å²) in [7, 11) is 0. The molecular weight excluding hydrogens is 197 g/mol. The van der Waals surface area contributed by atoms with Crippen molar-refractivity contribution in [1.29, 1.82) is 0 Å². The maximum atomic E-state index is 13.2. The van der Waals surface area contributed by atoms with Crippen LogP contribution < -0.4 is 10.5 Å². The molecule has 2 aromatic rings. The van der Waals surface area contributed by atoms with E-state index in [-0.39, 0.29) is 17.4 Å². The fourth-order valence-corrected chi connectivity index (χ4v) is 1.05. The first-order valence-electron chi connectivity index (χ1n) is 4.25. The molecule has 2 N–H and O–H groups in total. The van der Waals surface area contributed by atoms with Gasteiger partial charge in [-0.25, -0.2) is 14.4 Å². The topological polar surface area (TPSA) is 61.0 Å². The van der Waals surface area contributed by atoms with E-state index in [2.05, 4.69) is 9.97 Å². The first-order valence-corrected chi connectivity index (χ1v) is 4.25. The van der Waals surface area contributed by atoms with Crippen LogP contribution in [0.3, 0.4) is 0 Å². The van der Waals surface area contributed by atoms with Gasteiger partial charge in [0.15, 0.2) is 11.6 Å². The molecular formula is C10H8FN3O. The Hall–Kier alpha value is -2.17. The number of ether oxygens (including phenoxy) is 1. The molecule has 5 heteroatoms. The van der Waals surface area contributed by atoms with Gasteiger partial charge in [0.25, 0.3) is 0 Å². The minimum atomic E-state index is -0.449. The highest BCUT2D eigenvalue weighted by Crippen LogP contribution is 2.22. The van der Waals surface area contributed by atoms with Crippen molar-refractivity contribution in [2.75, 3.05) is 5.73 Å². The van der Waals surface area contributed by atoms with E-state index in [0.717, 1.165) is 0 Å². The van der Waals surface area contributed by atoms with E-state index in [9.17, 15) is 4.39 Å². The molecule has 0 saturated carbocycles. The van der Waals surface area contributed by atoms with Gasteiger partial charge in [0, 0.05) is 6.07 Å². The second kappa shape index (κ2) is 3.91. The second-order valence-electron chi connectivity index (χ2n) is 2.81. The summed E-state index contributed by atoms with van der Waals surface area (Å²) < 4.78 is 18.4. The van der Waals surface area contributed by atoms with Gasteiger partial charge in [-0.15, -0.1) is 0 Å². The van der Waals surface area contributed by atoms with Crippen molar-refractivity contribution in [1.82, 2.24) is 9.97 Å². The number of para-hydroxylation sites is 1. The predicted molar refractivity (Wildman–Crippen MR) is 52.9 cm³/mol. The lowest BCUT2D eigenvalue weighted by molar-refractivity contribution is 0.427. The van der Waals surface area contributed by atoms with E-state index < -0.39 is 5.82 Å². The van der Waals surface area contributed by atoms with Crippen LogP contribution in [0.4, 0.5) is 10.2 Å². The maximum Gasteiger partial charge on any atom is 0.224 e. The molecule has 1 aromatic heterocycles. The number of aromatic nitrogens is 2. The van der Waals surface area contributed by atoms with E-state index in [0.29, 0.717) is 0 Å². The fraction of sp³-hybridized carbons (Fsp3) is 0. The summed E-state index contributed by atoms with van der Waals surface area (Å²) in [6, 6.07) is 7.49. The Morgan fingerprint density at radius 3 is 2.73 bits per heavy atom. The summed E-state index contributed by atoms with van der Waals surface area (Å²) in [6.45, 7) is 0. The molecule has 0 radical (unpaired) electrons. The number of hydrogen-bond donors (Lipinski definition) is 1. The zero-order chi connectivity index (χ0) is 10.7. The van der Waals surface area contributed by atoms with E-state index in [1.54, 1.807) is 12.1 Å². The highest BCUT2D eigenvalue weighted by molar-refractivity contribution is 5.34. The smallest absolute Gasteiger partial charge is 0.224 e. The molecule has 1 heterocycles. The molecule has 15 heavy (non-hydrogen) atoms. The molecule has 4 nitrogen and oxygen atoms in total. The first kappa shape index (κ1) is 9.39. The number of halogens is 1. The molecule has 0 fully saturated rings. The average Bonchev–Trinajstić information content (AvgIpc) is 2.22. The van der Waals surface area contributed by atoms with Crippen LogP contribution in [0.5, 0.6) is 11.6 Å². The van der Waals surface area contributed by atoms with Crippen LogP contribution in [0.2, 0.25) is 0 Å². The van der Waals surface area contributed by atoms with Crippen molar-refractivity contribution < 1.29 is 9.13 Å². The van der Waals surface area contributed by atoms with Crippen LogP contribution in [0.25, 0.3) is 0 Å². The summed E-state index contributed by atoms with van der Waals surface area (Å²) >= 11 is 0. The van der Waals surface area contributed by atoms with Gasteiger partial charge in [0.1, 0.15) is 12.1 Å². The number of benzene rings is 1. The summed E-state index contributed by atoms with van der Waals surface area (Å²) in [5, 5.41) is 0. The number of nitrogens with zero attached hydrogens (tertiary/aromatic N) is 2. The SMILES string of the molecule is Nc1cc(Oc2ccccc2F)ncn1. The Morgan fingerprint density at radius 2 is 2.00 bits per heavy atom. The summed E-state index contributed by atoms with van der Waals surface area (Å²) in [4.78, 5) is 7.49. The van der Waals surface area contributed by atoms with Gasteiger partial charge in [-0.3, -0.25) is 0 Å². The molecule has 0 bridgehead atoms. The molecule has 0 aliphatic carbocycles. The van der Waals surface area contributed by atoms with Gasteiger partial charge in [0.05, 0.1) is 0 Å². The highest BCUT2D eigenvalue weighted by atomic mass is 19.1. The average molecular weight is 205 g/mol. The largest absolute Gasteiger partial charge is 0.436 e. The number of rotatable bonds is 2. The Morgan fingerprint density at radius 1 is 1.20 bits per heavy atom. The molecule has 0 aliphatic rings. The summed E-state index contributed by atoms with van der Waals surface area (Å²) in [6.07, 6.45) is 1.26. The molecule has 0 aliphatic heterocycles. The second-order valence-corrected chi connectivity index (χ2v) is 2.81. The van der Waals surface area contributed by atoms with Gasteiger partial charge in [-0.2, -0.15) is 0 Å². The molecule has 0 spiro atoms. The molecule has 1 aromatic carbocycles. The zero-order valence-electron chi connectivity index (χ0n) is 7.72. The van der Waals surface area contributed by atoms with Crippen molar-refractivity contribution in [2.45, 2.75) is 0 Å². The van der Waals surface area contributed by atoms with Gasteiger partial charge >= 0.3 is 0 Å². The summed E-state index contributed by atoms with van der Waals surface area (Å²) in [5.74, 6) is 0.147. The normalized spacial score (nSPS) is 9.93. The third kappa shape index (κ3) is 2.19. The van der Waals surface area contributed by atoms with E-state index in [4.69, 9.17) is 10.5 Å². The van der Waals surface area contributed by atoms with Crippen LogP contribution in [-0.4, -0.2) is 9.97 Å². The molecule has 0 amide bonds. The van der Waals surface area contributed by atoms with Crippen LogP contribution in [0.15, 0.2) is 36.7 Å². The molecule has 0 atom stereocenters. The fourth-order valence-electron chi connectivity index (χ4n) is 1.05. The van der Waals surface area contributed by atoms with E-state index in [1.807, 2.05) is 0 Å². The van der Waals surface area contributed by atoms with E-state index in [1.165, 1.54) is 24.5 Å². The van der Waals surface area contributed by atoms with Crippen molar-refractivity contribution in [2.24, 2.45) is 0 Å². The van der Waals surface area contributed by atoms with Crippen LogP contribution in [0.1, 0.15) is 0 Å². The number of nitrogen functional groups attached to an aromatic ring is 1. The Kier molecular flexibility index (Phi) is 2.45. The van der Waals surface area contributed by atoms with Crippen LogP contribution in [0, 0.1) is 5.82 Å². The van der Waals surface area contributed by atoms with E-state index >= 15 is 0 Å². The maximum absolute atomic E-state index is 13.2. The third-order valence-electron chi connectivity index (χ3n) is 1.71. The Labute approximate surface area is 85.5 Å². The highest BCUT2D eigenvalue weighted by Gasteiger charge is 2.04. The number of nitrogens with two attached hydrogens (primary N) is 1. The third-order valence-corrected chi connectivity index (χ3v) is 1.71. The summed E-state index contributed by atoms with van der Waals surface area (Å²) in [5.41, 5.74) is 5.43. The molecule has 0 unspecified atom stereocenters. The lowest BCUT2D eigenvalue weighted by Gasteiger charge is -2.04. The van der Waals surface area contributed by atoms with Gasteiger partial charge in [-0.1, -0.05) is 12.1 Å². The molecule has 2 rings (SSSR count). The monoisotopic (exact) mass is 205 g/mol. The van der Waals surface area contributed by atoms with Crippen molar-refractivity contribution in [3.63, 3.8) is 0 Å².